The van der Waals surface area contributed by atoms with Gasteiger partial charge in [0, 0.05) is 38.9 Å². The summed E-state index contributed by atoms with van der Waals surface area (Å²) < 4.78 is 8.62. The summed E-state index contributed by atoms with van der Waals surface area (Å²) in [7, 11) is 0. The van der Waals surface area contributed by atoms with E-state index in [1.54, 1.807) is 10.8 Å². The van der Waals surface area contributed by atoms with E-state index < -0.39 is 0 Å². The van der Waals surface area contributed by atoms with Crippen LogP contribution in [0.5, 0.6) is 0 Å². The number of hydrogen-bond acceptors (Lipinski definition) is 6. The molecular formula is C25H34N6O3. The number of unbranched alkanes of at least 4 members (excludes halogenated alkanes) is 3. The highest BCUT2D eigenvalue weighted by atomic mass is 16.5. The summed E-state index contributed by atoms with van der Waals surface area (Å²) in [4.78, 5) is 33.5. The van der Waals surface area contributed by atoms with Crippen LogP contribution >= 0.6 is 0 Å². The van der Waals surface area contributed by atoms with Crippen molar-refractivity contribution in [2.75, 3.05) is 39.4 Å². The van der Waals surface area contributed by atoms with Crippen molar-refractivity contribution in [2.45, 2.75) is 46.1 Å². The summed E-state index contributed by atoms with van der Waals surface area (Å²) in [6.45, 7) is 8.91. The molecule has 2 N–H and O–H groups in total. The second kappa shape index (κ2) is 10.9. The van der Waals surface area contributed by atoms with Crippen LogP contribution in [0.4, 0.5) is 0 Å². The van der Waals surface area contributed by atoms with Gasteiger partial charge in [-0.3, -0.25) is 24.3 Å². The Bertz CT molecular complexity index is 1290. The average Bonchev–Trinajstić information content (AvgIpc) is 2.84. The van der Waals surface area contributed by atoms with Gasteiger partial charge >= 0.3 is 0 Å². The molecule has 0 bridgehead atoms. The highest BCUT2D eigenvalue weighted by molar-refractivity contribution is 5.96. The van der Waals surface area contributed by atoms with E-state index in [4.69, 9.17) is 15.1 Å². The number of ether oxygens (including phenoxy) is 1. The normalized spacial score (nSPS) is 14.6. The van der Waals surface area contributed by atoms with Crippen LogP contribution in [0.25, 0.3) is 16.7 Å². The van der Waals surface area contributed by atoms with Crippen LogP contribution in [0, 0.1) is 12.3 Å². The van der Waals surface area contributed by atoms with E-state index in [2.05, 4.69) is 17.1 Å². The fourth-order valence-electron chi connectivity index (χ4n) is 4.43. The van der Waals surface area contributed by atoms with Gasteiger partial charge in [-0.2, -0.15) is 0 Å². The third-order valence-corrected chi connectivity index (χ3v) is 6.43. The van der Waals surface area contributed by atoms with E-state index in [0.29, 0.717) is 43.0 Å². The molecule has 9 nitrogen and oxygen atoms in total. The van der Waals surface area contributed by atoms with E-state index >= 15 is 0 Å². The molecule has 182 valence electrons. The molecule has 1 amide bonds. The second-order valence-corrected chi connectivity index (χ2v) is 8.87. The predicted molar refractivity (Wildman–Crippen MR) is 131 cm³/mol. The Balaban J connectivity index is 1.71. The number of carbonyl (C=O) groups is 1. The summed E-state index contributed by atoms with van der Waals surface area (Å²) in [5.41, 5.74) is 1.99. The monoisotopic (exact) mass is 466 g/mol. The highest BCUT2D eigenvalue weighted by Gasteiger charge is 2.18. The average molecular weight is 467 g/mol. The Kier molecular flexibility index (Phi) is 7.74. The van der Waals surface area contributed by atoms with Crippen molar-refractivity contribution in [1.82, 2.24) is 24.2 Å². The zero-order valence-corrected chi connectivity index (χ0v) is 20.1. The number of fused-ring (bicyclic) bond motifs is 2. The van der Waals surface area contributed by atoms with Crippen molar-refractivity contribution in [3.05, 3.63) is 51.4 Å². The third kappa shape index (κ3) is 5.05. The van der Waals surface area contributed by atoms with Crippen LogP contribution in [-0.2, 0) is 11.3 Å². The number of morpholine rings is 1. The van der Waals surface area contributed by atoms with Crippen molar-refractivity contribution >= 4 is 22.6 Å². The fourth-order valence-corrected chi connectivity index (χ4v) is 4.43. The molecule has 34 heavy (non-hydrogen) atoms. The smallest absolute Gasteiger partial charge is 0.267 e. The Morgan fingerprint density at radius 1 is 1.18 bits per heavy atom. The van der Waals surface area contributed by atoms with Crippen molar-refractivity contribution in [3.63, 3.8) is 0 Å². The summed E-state index contributed by atoms with van der Waals surface area (Å²) in [6.07, 6.45) is 5.78. The molecule has 0 radical (unpaired) electrons. The van der Waals surface area contributed by atoms with Crippen molar-refractivity contribution in [1.29, 1.82) is 5.41 Å². The molecule has 0 unspecified atom stereocenters. The topological polar surface area (TPSA) is 105 Å². The molecule has 9 heteroatoms. The molecule has 3 aromatic heterocycles. The lowest BCUT2D eigenvalue weighted by molar-refractivity contribution is 0.0383. The molecule has 0 saturated carbocycles. The van der Waals surface area contributed by atoms with Gasteiger partial charge in [-0.1, -0.05) is 32.3 Å². The van der Waals surface area contributed by atoms with Gasteiger partial charge in [0.15, 0.2) is 0 Å². The summed E-state index contributed by atoms with van der Waals surface area (Å²) in [6, 6.07) is 5.26. The molecule has 1 saturated heterocycles. The van der Waals surface area contributed by atoms with E-state index in [1.165, 1.54) is 10.5 Å². The van der Waals surface area contributed by atoms with E-state index in [-0.39, 0.29) is 22.5 Å². The quantitative estimate of drug-likeness (QED) is 0.371. The number of nitrogens with zero attached hydrogens (tertiary/aromatic N) is 4. The summed E-state index contributed by atoms with van der Waals surface area (Å²) in [5.74, 6) is -0.337. The van der Waals surface area contributed by atoms with Gasteiger partial charge in [-0.05, 0) is 31.0 Å². The van der Waals surface area contributed by atoms with Gasteiger partial charge in [0.2, 0.25) is 0 Å². The van der Waals surface area contributed by atoms with Crippen molar-refractivity contribution < 1.29 is 9.53 Å². The zero-order valence-electron chi connectivity index (χ0n) is 20.1. The maximum absolute atomic E-state index is 13.4. The van der Waals surface area contributed by atoms with Gasteiger partial charge in [0.05, 0.1) is 24.2 Å². The fraction of sp³-hybridized carbons (Fsp3) is 0.520. The molecule has 1 aliphatic heterocycles. The zero-order chi connectivity index (χ0) is 24.1. The minimum atomic E-state index is -0.337. The minimum absolute atomic E-state index is 0.0951. The number of pyridine rings is 2. The Morgan fingerprint density at radius 2 is 1.97 bits per heavy atom. The van der Waals surface area contributed by atoms with Gasteiger partial charge in [-0.15, -0.1) is 0 Å². The molecule has 3 aromatic rings. The van der Waals surface area contributed by atoms with Crippen molar-refractivity contribution in [2.24, 2.45) is 0 Å². The number of hydrogen-bond donors (Lipinski definition) is 2. The van der Waals surface area contributed by atoms with Gasteiger partial charge < -0.3 is 14.6 Å². The molecule has 0 aliphatic carbocycles. The first-order valence-electron chi connectivity index (χ1n) is 12.2. The van der Waals surface area contributed by atoms with Crippen LogP contribution in [-0.4, -0.2) is 64.2 Å². The van der Waals surface area contributed by atoms with Crippen LogP contribution < -0.4 is 16.4 Å². The summed E-state index contributed by atoms with van der Waals surface area (Å²) >= 11 is 0. The SMILES string of the molecule is CCCCCCn1c(=N)c(C(=O)NCCN2CCOCC2)cc2c(=O)n3cccc(C)c3nc21. The van der Waals surface area contributed by atoms with Crippen LogP contribution in [0.15, 0.2) is 29.2 Å². The van der Waals surface area contributed by atoms with E-state index in [0.717, 1.165) is 50.9 Å². The van der Waals surface area contributed by atoms with Crippen LogP contribution in [0.2, 0.25) is 0 Å². The third-order valence-electron chi connectivity index (χ3n) is 6.43. The molecule has 1 aliphatic rings. The Morgan fingerprint density at radius 3 is 2.74 bits per heavy atom. The van der Waals surface area contributed by atoms with Crippen molar-refractivity contribution in [3.8, 4) is 0 Å². The van der Waals surface area contributed by atoms with Crippen LogP contribution in [0.1, 0.15) is 48.5 Å². The molecule has 0 aromatic carbocycles. The number of rotatable bonds is 9. The molecule has 0 atom stereocenters. The Hall–Kier alpha value is -3.04. The maximum Gasteiger partial charge on any atom is 0.267 e. The lowest BCUT2D eigenvalue weighted by Crippen LogP contribution is -2.42. The first-order chi connectivity index (χ1) is 16.5. The highest BCUT2D eigenvalue weighted by Crippen LogP contribution is 2.14. The maximum atomic E-state index is 13.4. The standard InChI is InChI=1S/C25H34N6O3/c1-3-4-5-6-10-30-21(26)19(24(32)27-9-12-29-13-15-34-16-14-29)17-20-23(30)28-22-18(2)8-7-11-31(22)25(20)33/h7-8,11,17,26H,3-6,9-10,12-16H2,1-2H3,(H,27,32). The van der Waals surface area contributed by atoms with Gasteiger partial charge in [0.1, 0.15) is 16.8 Å². The first kappa shape index (κ1) is 24.1. The second-order valence-electron chi connectivity index (χ2n) is 8.87. The lowest BCUT2D eigenvalue weighted by atomic mass is 10.1. The van der Waals surface area contributed by atoms with E-state index in [9.17, 15) is 9.59 Å². The Labute approximate surface area is 198 Å². The van der Waals surface area contributed by atoms with Gasteiger partial charge in [0.25, 0.3) is 11.5 Å². The molecule has 1 fully saturated rings. The molecular weight excluding hydrogens is 432 g/mol. The number of nitrogens with one attached hydrogen (secondary N) is 2. The molecule has 4 heterocycles. The predicted octanol–water partition coefficient (Wildman–Crippen LogP) is 2.08. The van der Waals surface area contributed by atoms with E-state index in [1.807, 2.05) is 19.1 Å². The first-order valence-corrected chi connectivity index (χ1v) is 12.2. The molecule has 0 spiro atoms. The summed E-state index contributed by atoms with van der Waals surface area (Å²) in [5, 5.41) is 12.1. The minimum Gasteiger partial charge on any atom is -0.379 e. The van der Waals surface area contributed by atoms with Gasteiger partial charge in [-0.25, -0.2) is 4.98 Å². The number of aryl methyl sites for hydroxylation is 2. The van der Waals surface area contributed by atoms with Crippen LogP contribution in [0.3, 0.4) is 0 Å². The number of aromatic nitrogens is 3. The lowest BCUT2D eigenvalue weighted by Gasteiger charge is -2.26. The largest absolute Gasteiger partial charge is 0.379 e. The number of amides is 1. The number of carbonyl (C=O) groups excluding carboxylic acids is 1. The molecule has 4 rings (SSSR count).